The highest BCUT2D eigenvalue weighted by Crippen LogP contribution is 2.23. The van der Waals surface area contributed by atoms with Crippen molar-refractivity contribution in [3.63, 3.8) is 0 Å². The highest BCUT2D eigenvalue weighted by atomic mass is 32.2. The van der Waals surface area contributed by atoms with Crippen LogP contribution in [0.2, 0.25) is 0 Å². The fourth-order valence-electron chi connectivity index (χ4n) is 2.40. The van der Waals surface area contributed by atoms with Gasteiger partial charge in [0.25, 0.3) is 0 Å². The molecule has 0 bridgehead atoms. The van der Waals surface area contributed by atoms with Crippen molar-refractivity contribution in [3.05, 3.63) is 59.8 Å². The number of aromatic hydroxyl groups is 1. The third-order valence-electron chi connectivity index (χ3n) is 3.61. The largest absolute Gasteiger partial charge is 0.508 e. The first-order valence-corrected chi connectivity index (χ1v) is 8.29. The molecular formula is C17H18N2O2S. The SMILES string of the molecule is Cc1ccc(S(=O)NCCc2c[nH]c3ccc(O)cc23)cc1. The molecule has 2 aromatic carbocycles. The molecule has 0 saturated carbocycles. The lowest BCUT2D eigenvalue weighted by molar-refractivity contribution is 0.476. The zero-order valence-electron chi connectivity index (χ0n) is 12.3. The summed E-state index contributed by atoms with van der Waals surface area (Å²) >= 11 is 0. The predicted molar refractivity (Wildman–Crippen MR) is 89.3 cm³/mol. The van der Waals surface area contributed by atoms with Crippen LogP contribution >= 0.6 is 0 Å². The van der Waals surface area contributed by atoms with Crippen molar-refractivity contribution in [1.82, 2.24) is 9.71 Å². The first-order valence-electron chi connectivity index (χ1n) is 7.14. The molecule has 0 radical (unpaired) electrons. The summed E-state index contributed by atoms with van der Waals surface area (Å²) in [6.45, 7) is 2.61. The van der Waals surface area contributed by atoms with E-state index in [-0.39, 0.29) is 5.75 Å². The van der Waals surface area contributed by atoms with E-state index in [1.165, 1.54) is 0 Å². The molecule has 1 heterocycles. The van der Waals surface area contributed by atoms with Crippen LogP contribution in [0.3, 0.4) is 0 Å². The van der Waals surface area contributed by atoms with Crippen LogP contribution in [0.4, 0.5) is 0 Å². The second kappa shape index (κ2) is 6.34. The summed E-state index contributed by atoms with van der Waals surface area (Å²) < 4.78 is 15.2. The monoisotopic (exact) mass is 314 g/mol. The molecule has 22 heavy (non-hydrogen) atoms. The van der Waals surface area contributed by atoms with E-state index in [0.717, 1.165) is 33.3 Å². The van der Waals surface area contributed by atoms with Gasteiger partial charge in [0.05, 0.1) is 4.90 Å². The van der Waals surface area contributed by atoms with Crippen LogP contribution in [0.15, 0.2) is 53.6 Å². The second-order valence-corrected chi connectivity index (χ2v) is 6.57. The number of hydrogen-bond acceptors (Lipinski definition) is 2. The molecule has 0 saturated heterocycles. The van der Waals surface area contributed by atoms with Crippen molar-refractivity contribution < 1.29 is 9.32 Å². The molecule has 1 aromatic heterocycles. The minimum absolute atomic E-state index is 0.254. The van der Waals surface area contributed by atoms with Gasteiger partial charge in [-0.2, -0.15) is 0 Å². The maximum Gasteiger partial charge on any atom is 0.124 e. The molecule has 3 aromatic rings. The fraction of sp³-hybridized carbons (Fsp3) is 0.176. The summed E-state index contributed by atoms with van der Waals surface area (Å²) in [5, 5.41) is 10.6. The first kappa shape index (κ1) is 14.8. The Labute approximate surface area is 131 Å². The van der Waals surface area contributed by atoms with Gasteiger partial charge in [0, 0.05) is 23.6 Å². The van der Waals surface area contributed by atoms with Gasteiger partial charge in [-0.3, -0.25) is 0 Å². The molecule has 0 aliphatic carbocycles. The van der Waals surface area contributed by atoms with Crippen molar-refractivity contribution in [2.75, 3.05) is 6.54 Å². The normalized spacial score (nSPS) is 12.6. The molecule has 0 aliphatic rings. The number of benzene rings is 2. The van der Waals surface area contributed by atoms with Gasteiger partial charge in [-0.05, 0) is 49.2 Å². The molecule has 4 nitrogen and oxygen atoms in total. The van der Waals surface area contributed by atoms with E-state index in [0.29, 0.717) is 6.54 Å². The number of fused-ring (bicyclic) bond motifs is 1. The maximum absolute atomic E-state index is 12.2. The Balaban J connectivity index is 1.63. The Morgan fingerprint density at radius 2 is 1.95 bits per heavy atom. The molecular weight excluding hydrogens is 296 g/mol. The van der Waals surface area contributed by atoms with Gasteiger partial charge in [-0.25, -0.2) is 8.93 Å². The minimum atomic E-state index is -1.20. The van der Waals surface area contributed by atoms with Crippen LogP contribution in [0.1, 0.15) is 11.1 Å². The zero-order valence-corrected chi connectivity index (χ0v) is 13.1. The van der Waals surface area contributed by atoms with Gasteiger partial charge in [0.2, 0.25) is 0 Å². The van der Waals surface area contributed by atoms with E-state index < -0.39 is 11.0 Å². The van der Waals surface area contributed by atoms with E-state index in [1.807, 2.05) is 43.5 Å². The van der Waals surface area contributed by atoms with Crippen molar-refractivity contribution in [2.45, 2.75) is 18.2 Å². The average Bonchev–Trinajstić information content (AvgIpc) is 2.90. The van der Waals surface area contributed by atoms with Crippen LogP contribution in [0.5, 0.6) is 5.75 Å². The van der Waals surface area contributed by atoms with Gasteiger partial charge in [-0.1, -0.05) is 17.7 Å². The van der Waals surface area contributed by atoms with E-state index in [9.17, 15) is 9.32 Å². The number of H-pyrrole nitrogens is 1. The third kappa shape index (κ3) is 3.21. The Morgan fingerprint density at radius 3 is 2.73 bits per heavy atom. The Bertz CT molecular complexity index is 809. The lowest BCUT2D eigenvalue weighted by Gasteiger charge is -2.05. The summed E-state index contributed by atoms with van der Waals surface area (Å²) in [5.41, 5.74) is 3.24. The number of rotatable bonds is 5. The van der Waals surface area contributed by atoms with E-state index in [1.54, 1.807) is 12.1 Å². The standard InChI is InChI=1S/C17H18N2O2S/c1-12-2-5-15(6-3-12)22(21)19-9-8-13-11-18-17-7-4-14(20)10-16(13)17/h2-7,10-11,18-20H,8-9H2,1H3. The first-order chi connectivity index (χ1) is 10.6. The molecule has 0 fully saturated rings. The maximum atomic E-state index is 12.2. The van der Waals surface area contributed by atoms with Crippen LogP contribution in [0.25, 0.3) is 10.9 Å². The van der Waals surface area contributed by atoms with Crippen molar-refractivity contribution in [2.24, 2.45) is 0 Å². The second-order valence-electron chi connectivity index (χ2n) is 5.27. The highest BCUT2D eigenvalue weighted by molar-refractivity contribution is 7.83. The third-order valence-corrected chi connectivity index (χ3v) is 4.78. The summed E-state index contributed by atoms with van der Waals surface area (Å²) in [6, 6.07) is 12.9. The van der Waals surface area contributed by atoms with Crippen LogP contribution in [0, 0.1) is 6.92 Å². The number of aromatic nitrogens is 1. The summed E-state index contributed by atoms with van der Waals surface area (Å²) in [7, 11) is -1.20. The number of phenolic OH excluding ortho intramolecular Hbond substituents is 1. The molecule has 3 rings (SSSR count). The summed E-state index contributed by atoms with van der Waals surface area (Å²) in [4.78, 5) is 3.96. The molecule has 0 aliphatic heterocycles. The fourth-order valence-corrected chi connectivity index (χ4v) is 3.23. The Kier molecular flexibility index (Phi) is 4.27. The van der Waals surface area contributed by atoms with E-state index >= 15 is 0 Å². The number of aromatic amines is 1. The Hall–Kier alpha value is -2.11. The molecule has 1 unspecified atom stereocenters. The molecule has 0 spiro atoms. The van der Waals surface area contributed by atoms with Gasteiger partial charge in [0.1, 0.15) is 16.7 Å². The van der Waals surface area contributed by atoms with Crippen LogP contribution in [-0.2, 0) is 17.4 Å². The predicted octanol–water partition coefficient (Wildman–Crippen LogP) is 3.04. The Morgan fingerprint density at radius 1 is 1.18 bits per heavy atom. The number of hydrogen-bond donors (Lipinski definition) is 3. The van der Waals surface area contributed by atoms with Gasteiger partial charge >= 0.3 is 0 Å². The number of aryl methyl sites for hydroxylation is 1. The topological polar surface area (TPSA) is 65.1 Å². The van der Waals surface area contributed by atoms with Crippen molar-refractivity contribution in [3.8, 4) is 5.75 Å². The van der Waals surface area contributed by atoms with Gasteiger partial charge < -0.3 is 10.1 Å². The summed E-state index contributed by atoms with van der Waals surface area (Å²) in [5.74, 6) is 0.254. The number of nitrogens with one attached hydrogen (secondary N) is 2. The van der Waals surface area contributed by atoms with Gasteiger partial charge in [0.15, 0.2) is 0 Å². The highest BCUT2D eigenvalue weighted by Gasteiger charge is 2.06. The lowest BCUT2D eigenvalue weighted by atomic mass is 10.1. The molecule has 1 atom stereocenters. The van der Waals surface area contributed by atoms with E-state index in [4.69, 9.17) is 0 Å². The molecule has 0 amide bonds. The molecule has 114 valence electrons. The minimum Gasteiger partial charge on any atom is -0.508 e. The van der Waals surface area contributed by atoms with Crippen LogP contribution < -0.4 is 4.72 Å². The van der Waals surface area contributed by atoms with E-state index in [2.05, 4.69) is 9.71 Å². The van der Waals surface area contributed by atoms with Crippen molar-refractivity contribution >= 4 is 21.9 Å². The van der Waals surface area contributed by atoms with Crippen molar-refractivity contribution in [1.29, 1.82) is 0 Å². The smallest absolute Gasteiger partial charge is 0.124 e. The lowest BCUT2D eigenvalue weighted by Crippen LogP contribution is -2.20. The van der Waals surface area contributed by atoms with Crippen LogP contribution in [-0.4, -0.2) is 20.8 Å². The summed E-state index contributed by atoms with van der Waals surface area (Å²) in [6.07, 6.45) is 2.67. The van der Waals surface area contributed by atoms with Gasteiger partial charge in [-0.15, -0.1) is 0 Å². The zero-order chi connectivity index (χ0) is 15.5. The molecule has 3 N–H and O–H groups in total. The number of phenols is 1. The molecule has 5 heteroatoms. The quantitative estimate of drug-likeness (QED) is 0.678. The average molecular weight is 314 g/mol.